The lowest BCUT2D eigenvalue weighted by atomic mass is 9.96. The molecular weight excluding hydrogens is 224 g/mol. The first-order valence-corrected chi connectivity index (χ1v) is 5.09. The monoisotopic (exact) mass is 238 g/mol. The molecule has 92 valence electrons. The smallest absolute Gasteiger partial charge is 0.306 e. The Morgan fingerprint density at radius 2 is 2.06 bits per heavy atom. The van der Waals surface area contributed by atoms with Crippen LogP contribution < -0.4 is 0 Å². The number of benzene rings is 1. The predicted molar refractivity (Wildman–Crippen MR) is 59.8 cm³/mol. The summed E-state index contributed by atoms with van der Waals surface area (Å²) in [5.74, 6) is -1.21. The predicted octanol–water partition coefficient (Wildman–Crippen LogP) is 0.677. The SMILES string of the molecule is Cc1ccc(C(O)C(O)CC(=O)O)c(C=O)c1. The van der Waals surface area contributed by atoms with Gasteiger partial charge in [0, 0.05) is 5.56 Å². The van der Waals surface area contributed by atoms with Gasteiger partial charge in [-0.2, -0.15) is 0 Å². The fourth-order valence-electron chi connectivity index (χ4n) is 1.56. The van der Waals surface area contributed by atoms with Crippen molar-refractivity contribution >= 4 is 12.3 Å². The largest absolute Gasteiger partial charge is 0.481 e. The van der Waals surface area contributed by atoms with Crippen molar-refractivity contribution in [3.63, 3.8) is 0 Å². The van der Waals surface area contributed by atoms with Crippen LogP contribution in [0.3, 0.4) is 0 Å². The van der Waals surface area contributed by atoms with Crippen LogP contribution in [0.4, 0.5) is 0 Å². The molecule has 2 atom stereocenters. The van der Waals surface area contributed by atoms with Crippen molar-refractivity contribution in [2.75, 3.05) is 0 Å². The summed E-state index contributed by atoms with van der Waals surface area (Å²) in [6.45, 7) is 1.79. The van der Waals surface area contributed by atoms with Gasteiger partial charge in [-0.3, -0.25) is 9.59 Å². The molecule has 0 heterocycles. The van der Waals surface area contributed by atoms with Gasteiger partial charge in [-0.1, -0.05) is 17.7 Å². The average molecular weight is 238 g/mol. The number of rotatable bonds is 5. The number of aryl methyl sites for hydroxylation is 1. The second-order valence-corrected chi connectivity index (χ2v) is 3.86. The lowest BCUT2D eigenvalue weighted by Gasteiger charge is -2.18. The Balaban J connectivity index is 2.98. The zero-order valence-electron chi connectivity index (χ0n) is 9.33. The number of aliphatic carboxylic acids is 1. The first kappa shape index (κ1) is 13.3. The summed E-state index contributed by atoms with van der Waals surface area (Å²) in [6.07, 6.45) is -2.83. The summed E-state index contributed by atoms with van der Waals surface area (Å²) in [5, 5.41) is 27.8. The summed E-state index contributed by atoms with van der Waals surface area (Å²) in [4.78, 5) is 21.2. The number of carbonyl (C=O) groups excluding carboxylic acids is 1. The molecule has 0 saturated carbocycles. The molecule has 0 aliphatic carbocycles. The molecule has 3 N–H and O–H groups in total. The van der Waals surface area contributed by atoms with Crippen molar-refractivity contribution in [3.8, 4) is 0 Å². The second-order valence-electron chi connectivity index (χ2n) is 3.86. The van der Waals surface area contributed by atoms with E-state index in [0.717, 1.165) is 5.56 Å². The third-order valence-electron chi connectivity index (χ3n) is 2.44. The Hall–Kier alpha value is -1.72. The molecule has 0 saturated heterocycles. The number of aldehydes is 1. The first-order valence-electron chi connectivity index (χ1n) is 5.09. The number of carboxylic acid groups (broad SMARTS) is 1. The third kappa shape index (κ3) is 3.37. The van der Waals surface area contributed by atoms with E-state index in [1.54, 1.807) is 19.1 Å². The standard InChI is InChI=1S/C12H14O5/c1-7-2-3-9(8(4-7)6-13)12(17)10(14)5-11(15)16/h2-4,6,10,12,14,17H,5H2,1H3,(H,15,16). The van der Waals surface area contributed by atoms with Crippen molar-refractivity contribution in [2.45, 2.75) is 25.6 Å². The van der Waals surface area contributed by atoms with Gasteiger partial charge in [0.05, 0.1) is 12.5 Å². The lowest BCUT2D eigenvalue weighted by Crippen LogP contribution is -2.22. The minimum Gasteiger partial charge on any atom is -0.481 e. The highest BCUT2D eigenvalue weighted by Crippen LogP contribution is 2.22. The highest BCUT2D eigenvalue weighted by molar-refractivity contribution is 5.78. The van der Waals surface area contributed by atoms with Gasteiger partial charge in [0.25, 0.3) is 0 Å². The van der Waals surface area contributed by atoms with Crippen molar-refractivity contribution < 1.29 is 24.9 Å². The van der Waals surface area contributed by atoms with Gasteiger partial charge in [-0.25, -0.2) is 0 Å². The highest BCUT2D eigenvalue weighted by Gasteiger charge is 2.23. The topological polar surface area (TPSA) is 94.8 Å². The Kier molecular flexibility index (Phi) is 4.37. The van der Waals surface area contributed by atoms with Crippen LogP contribution in [-0.2, 0) is 4.79 Å². The van der Waals surface area contributed by atoms with E-state index in [0.29, 0.717) is 6.29 Å². The van der Waals surface area contributed by atoms with E-state index in [1.165, 1.54) is 6.07 Å². The minimum absolute atomic E-state index is 0.236. The van der Waals surface area contributed by atoms with E-state index in [9.17, 15) is 19.8 Å². The molecule has 0 aromatic heterocycles. The highest BCUT2D eigenvalue weighted by atomic mass is 16.4. The van der Waals surface area contributed by atoms with E-state index in [2.05, 4.69) is 0 Å². The molecule has 0 bridgehead atoms. The van der Waals surface area contributed by atoms with E-state index in [1.807, 2.05) is 0 Å². The van der Waals surface area contributed by atoms with Crippen molar-refractivity contribution in [2.24, 2.45) is 0 Å². The van der Waals surface area contributed by atoms with E-state index >= 15 is 0 Å². The molecule has 0 fully saturated rings. The van der Waals surface area contributed by atoms with Crippen LogP contribution in [0.5, 0.6) is 0 Å². The normalized spacial score (nSPS) is 14.1. The second kappa shape index (κ2) is 5.56. The summed E-state index contributed by atoms with van der Waals surface area (Å²) >= 11 is 0. The van der Waals surface area contributed by atoms with Gasteiger partial charge in [-0.15, -0.1) is 0 Å². The molecule has 1 rings (SSSR count). The molecule has 0 aliphatic rings. The van der Waals surface area contributed by atoms with E-state index in [4.69, 9.17) is 5.11 Å². The molecule has 0 radical (unpaired) electrons. The van der Waals surface area contributed by atoms with Gasteiger partial charge >= 0.3 is 5.97 Å². The van der Waals surface area contributed by atoms with Crippen LogP contribution in [0.25, 0.3) is 0 Å². The molecule has 17 heavy (non-hydrogen) atoms. The summed E-state index contributed by atoms with van der Waals surface area (Å²) < 4.78 is 0. The zero-order valence-corrected chi connectivity index (χ0v) is 9.33. The average Bonchev–Trinajstić information content (AvgIpc) is 2.27. The van der Waals surface area contributed by atoms with Crippen molar-refractivity contribution in [1.29, 1.82) is 0 Å². The number of carbonyl (C=O) groups is 2. The van der Waals surface area contributed by atoms with E-state index < -0.39 is 24.6 Å². The number of aliphatic hydroxyl groups excluding tert-OH is 2. The van der Waals surface area contributed by atoms with Crippen LogP contribution in [0.2, 0.25) is 0 Å². The third-order valence-corrected chi connectivity index (χ3v) is 2.44. The zero-order chi connectivity index (χ0) is 13.0. The maximum atomic E-state index is 10.8. The number of hydrogen-bond acceptors (Lipinski definition) is 4. The Morgan fingerprint density at radius 1 is 1.41 bits per heavy atom. The van der Waals surface area contributed by atoms with E-state index in [-0.39, 0.29) is 11.1 Å². The molecule has 1 aromatic rings. The molecule has 5 nitrogen and oxygen atoms in total. The maximum absolute atomic E-state index is 10.8. The van der Waals surface area contributed by atoms with Crippen LogP contribution in [0.1, 0.15) is 34.0 Å². The molecule has 1 aromatic carbocycles. The molecular formula is C12H14O5. The molecule has 0 amide bonds. The first-order chi connectivity index (χ1) is 7.95. The molecule has 2 unspecified atom stereocenters. The minimum atomic E-state index is -1.44. The Labute approximate surface area is 98.3 Å². The van der Waals surface area contributed by atoms with Gasteiger partial charge in [0.2, 0.25) is 0 Å². The summed E-state index contributed by atoms with van der Waals surface area (Å²) in [6, 6.07) is 4.76. The van der Waals surface area contributed by atoms with Gasteiger partial charge in [0.15, 0.2) is 0 Å². The van der Waals surface area contributed by atoms with Gasteiger partial charge in [0.1, 0.15) is 12.4 Å². The lowest BCUT2D eigenvalue weighted by molar-refractivity contribution is -0.141. The quantitative estimate of drug-likeness (QED) is 0.655. The molecule has 0 aliphatic heterocycles. The number of aliphatic hydroxyl groups is 2. The fourth-order valence-corrected chi connectivity index (χ4v) is 1.56. The Bertz CT molecular complexity index is 427. The van der Waals surface area contributed by atoms with Gasteiger partial charge < -0.3 is 15.3 Å². The van der Waals surface area contributed by atoms with Crippen LogP contribution in [-0.4, -0.2) is 33.7 Å². The summed E-state index contributed by atoms with van der Waals surface area (Å²) in [7, 11) is 0. The Morgan fingerprint density at radius 3 is 2.59 bits per heavy atom. The fraction of sp³-hybridized carbons (Fsp3) is 0.333. The number of carboxylic acids is 1. The molecule has 0 spiro atoms. The van der Waals surface area contributed by atoms with Crippen LogP contribution in [0.15, 0.2) is 18.2 Å². The summed E-state index contributed by atoms with van der Waals surface area (Å²) in [5.41, 5.74) is 1.33. The maximum Gasteiger partial charge on any atom is 0.306 e. The van der Waals surface area contributed by atoms with Crippen LogP contribution >= 0.6 is 0 Å². The van der Waals surface area contributed by atoms with Crippen molar-refractivity contribution in [3.05, 3.63) is 34.9 Å². The van der Waals surface area contributed by atoms with Crippen LogP contribution in [0, 0.1) is 6.92 Å². The number of hydrogen-bond donors (Lipinski definition) is 3. The molecule has 5 heteroatoms. The van der Waals surface area contributed by atoms with Crippen molar-refractivity contribution in [1.82, 2.24) is 0 Å². The van der Waals surface area contributed by atoms with Gasteiger partial charge in [-0.05, 0) is 18.6 Å².